The van der Waals surface area contributed by atoms with Gasteiger partial charge in [-0.25, -0.2) is 0 Å². The Morgan fingerprint density at radius 3 is 3.20 bits per heavy atom. The summed E-state index contributed by atoms with van der Waals surface area (Å²) in [6, 6.07) is 3.77. The average molecular weight is 293 g/mol. The molecular weight excluding hydrogens is 274 g/mol. The summed E-state index contributed by atoms with van der Waals surface area (Å²) < 4.78 is 5.66. The molecule has 1 unspecified atom stereocenters. The van der Waals surface area contributed by atoms with Gasteiger partial charge in [-0.05, 0) is 37.8 Å². The minimum Gasteiger partial charge on any atom is -0.377 e. The smallest absolute Gasteiger partial charge is 0.239 e. The zero-order chi connectivity index (χ0) is 14.4. The van der Waals surface area contributed by atoms with Crippen LogP contribution in [0.4, 0.5) is 5.00 Å². The third-order valence-electron chi connectivity index (χ3n) is 3.24. The molecule has 0 aromatic carbocycles. The summed E-state index contributed by atoms with van der Waals surface area (Å²) in [6.07, 6.45) is 3.63. The normalized spacial score (nSPS) is 18.8. The highest BCUT2D eigenvalue weighted by atomic mass is 32.1. The van der Waals surface area contributed by atoms with E-state index in [2.05, 4.69) is 11.4 Å². The van der Waals surface area contributed by atoms with Crippen LogP contribution in [0.1, 0.15) is 24.8 Å². The zero-order valence-corrected chi connectivity index (χ0v) is 12.4. The number of thiophene rings is 1. The second-order valence-corrected chi connectivity index (χ2v) is 5.92. The van der Waals surface area contributed by atoms with Gasteiger partial charge in [0.25, 0.3) is 0 Å². The van der Waals surface area contributed by atoms with Crippen LogP contribution in [0.3, 0.4) is 0 Å². The lowest BCUT2D eigenvalue weighted by Crippen LogP contribution is -2.37. The van der Waals surface area contributed by atoms with E-state index in [4.69, 9.17) is 10.00 Å². The average Bonchev–Trinajstić information content (AvgIpc) is 2.86. The van der Waals surface area contributed by atoms with Crippen molar-refractivity contribution in [1.29, 1.82) is 5.26 Å². The highest BCUT2D eigenvalue weighted by Crippen LogP contribution is 2.22. The minimum atomic E-state index is -0.0951. The fraction of sp³-hybridized carbons (Fsp3) is 0.571. The highest BCUT2D eigenvalue weighted by Gasteiger charge is 2.17. The molecule has 108 valence electrons. The summed E-state index contributed by atoms with van der Waals surface area (Å²) in [7, 11) is 1.91. The van der Waals surface area contributed by atoms with E-state index in [0.29, 0.717) is 17.1 Å². The van der Waals surface area contributed by atoms with Crippen LogP contribution in [0.15, 0.2) is 11.4 Å². The van der Waals surface area contributed by atoms with Gasteiger partial charge < -0.3 is 10.1 Å². The quantitative estimate of drug-likeness (QED) is 0.902. The summed E-state index contributed by atoms with van der Waals surface area (Å²) >= 11 is 1.37. The predicted octanol–water partition coefficient (Wildman–Crippen LogP) is 2.06. The lowest BCUT2D eigenvalue weighted by Gasteiger charge is -2.26. The molecule has 1 N–H and O–H groups in total. The van der Waals surface area contributed by atoms with Gasteiger partial charge >= 0.3 is 0 Å². The van der Waals surface area contributed by atoms with Crippen LogP contribution < -0.4 is 5.32 Å². The lowest BCUT2D eigenvalue weighted by molar-refractivity contribution is -0.117. The van der Waals surface area contributed by atoms with Crippen LogP contribution in [-0.2, 0) is 9.53 Å². The first-order valence-electron chi connectivity index (χ1n) is 6.76. The van der Waals surface area contributed by atoms with E-state index in [-0.39, 0.29) is 12.0 Å². The van der Waals surface area contributed by atoms with Gasteiger partial charge in [0.1, 0.15) is 11.1 Å². The van der Waals surface area contributed by atoms with Crippen LogP contribution in [0.5, 0.6) is 0 Å². The van der Waals surface area contributed by atoms with E-state index < -0.39 is 0 Å². The molecule has 2 rings (SSSR count). The van der Waals surface area contributed by atoms with Gasteiger partial charge in [0.15, 0.2) is 0 Å². The number of carbonyl (C=O) groups is 1. The number of nitrogens with one attached hydrogen (secondary N) is 1. The van der Waals surface area contributed by atoms with Crippen molar-refractivity contribution in [2.24, 2.45) is 0 Å². The number of likely N-dealkylation sites (N-methyl/N-ethyl adjacent to an activating group) is 1. The van der Waals surface area contributed by atoms with Gasteiger partial charge in [0, 0.05) is 13.2 Å². The fourth-order valence-corrected chi connectivity index (χ4v) is 3.02. The molecule has 6 heteroatoms. The van der Waals surface area contributed by atoms with Crippen molar-refractivity contribution in [1.82, 2.24) is 4.90 Å². The molecule has 0 spiro atoms. The van der Waals surface area contributed by atoms with E-state index in [1.165, 1.54) is 17.8 Å². The number of hydrogen-bond donors (Lipinski definition) is 1. The largest absolute Gasteiger partial charge is 0.377 e. The number of anilines is 1. The number of ether oxygens (including phenoxy) is 1. The number of hydrogen-bond acceptors (Lipinski definition) is 5. The fourth-order valence-electron chi connectivity index (χ4n) is 2.27. The molecule has 1 atom stereocenters. The minimum absolute atomic E-state index is 0.0951. The predicted molar refractivity (Wildman–Crippen MR) is 78.8 cm³/mol. The Morgan fingerprint density at radius 1 is 1.65 bits per heavy atom. The summed E-state index contributed by atoms with van der Waals surface area (Å²) in [5.41, 5.74) is 0.515. The van der Waals surface area contributed by atoms with E-state index in [1.54, 1.807) is 11.4 Å². The summed E-state index contributed by atoms with van der Waals surface area (Å²) in [6.45, 7) is 1.90. The van der Waals surface area contributed by atoms with Crippen molar-refractivity contribution in [3.63, 3.8) is 0 Å². The molecule has 5 nitrogen and oxygen atoms in total. The summed E-state index contributed by atoms with van der Waals surface area (Å²) in [5.74, 6) is -0.0951. The Hall–Kier alpha value is -1.42. The van der Waals surface area contributed by atoms with Crippen molar-refractivity contribution in [2.75, 3.05) is 32.1 Å². The Balaban J connectivity index is 1.77. The van der Waals surface area contributed by atoms with Crippen LogP contribution in [0, 0.1) is 11.3 Å². The second kappa shape index (κ2) is 7.39. The molecule has 1 fully saturated rings. The summed E-state index contributed by atoms with van der Waals surface area (Å²) in [4.78, 5) is 13.9. The standard InChI is InChI=1S/C14H19N3O2S/c1-17(9-12-4-2-3-6-19-12)10-13(18)16-14-11(8-15)5-7-20-14/h5,7,12H,2-4,6,9-10H2,1H3,(H,16,18). The molecule has 1 aliphatic rings. The van der Waals surface area contributed by atoms with Gasteiger partial charge in [-0.2, -0.15) is 5.26 Å². The molecule has 0 radical (unpaired) electrons. The lowest BCUT2D eigenvalue weighted by atomic mass is 10.1. The van der Waals surface area contributed by atoms with E-state index >= 15 is 0 Å². The Kier molecular flexibility index (Phi) is 5.53. The number of nitriles is 1. The maximum atomic E-state index is 11.9. The Bertz CT molecular complexity index is 489. The van der Waals surface area contributed by atoms with Crippen LogP contribution >= 0.6 is 11.3 Å². The first-order valence-corrected chi connectivity index (χ1v) is 7.64. The molecule has 1 saturated heterocycles. The maximum Gasteiger partial charge on any atom is 0.239 e. The van der Waals surface area contributed by atoms with Crippen LogP contribution in [0.2, 0.25) is 0 Å². The molecule has 2 heterocycles. The van der Waals surface area contributed by atoms with E-state index in [9.17, 15) is 4.79 Å². The van der Waals surface area contributed by atoms with Gasteiger partial charge in [0.2, 0.25) is 5.91 Å². The van der Waals surface area contributed by atoms with Gasteiger partial charge in [-0.15, -0.1) is 11.3 Å². The molecule has 1 aliphatic heterocycles. The molecule has 0 bridgehead atoms. The Labute approximate surface area is 123 Å². The molecular formula is C14H19N3O2S. The monoisotopic (exact) mass is 293 g/mol. The second-order valence-electron chi connectivity index (χ2n) is 5.01. The number of nitrogens with zero attached hydrogens (tertiary/aromatic N) is 2. The molecule has 1 amide bonds. The Morgan fingerprint density at radius 2 is 2.50 bits per heavy atom. The molecule has 20 heavy (non-hydrogen) atoms. The van der Waals surface area contributed by atoms with Crippen molar-refractivity contribution in [3.05, 3.63) is 17.0 Å². The first kappa shape index (κ1) is 15.0. The zero-order valence-electron chi connectivity index (χ0n) is 11.6. The maximum absolute atomic E-state index is 11.9. The third-order valence-corrected chi connectivity index (χ3v) is 4.07. The summed E-state index contributed by atoms with van der Waals surface area (Å²) in [5, 5.41) is 14.1. The number of rotatable bonds is 5. The van der Waals surface area contributed by atoms with Crippen molar-refractivity contribution < 1.29 is 9.53 Å². The van der Waals surface area contributed by atoms with Gasteiger partial charge in [0.05, 0.1) is 18.2 Å². The van der Waals surface area contributed by atoms with Crippen molar-refractivity contribution in [3.8, 4) is 6.07 Å². The van der Waals surface area contributed by atoms with Gasteiger partial charge in [-0.3, -0.25) is 9.69 Å². The van der Waals surface area contributed by atoms with Gasteiger partial charge in [-0.1, -0.05) is 0 Å². The first-order chi connectivity index (χ1) is 9.69. The SMILES string of the molecule is CN(CC(=O)Nc1sccc1C#N)CC1CCCCO1. The number of amides is 1. The van der Waals surface area contributed by atoms with E-state index in [1.807, 2.05) is 11.9 Å². The van der Waals surface area contributed by atoms with Crippen LogP contribution in [0.25, 0.3) is 0 Å². The molecule has 0 saturated carbocycles. The van der Waals surface area contributed by atoms with Crippen molar-refractivity contribution >= 4 is 22.2 Å². The van der Waals surface area contributed by atoms with Crippen LogP contribution in [-0.4, -0.2) is 43.7 Å². The molecule has 0 aliphatic carbocycles. The third kappa shape index (κ3) is 4.30. The van der Waals surface area contributed by atoms with Crippen molar-refractivity contribution in [2.45, 2.75) is 25.4 Å². The topological polar surface area (TPSA) is 65.4 Å². The molecule has 1 aromatic heterocycles. The highest BCUT2D eigenvalue weighted by molar-refractivity contribution is 7.14. The number of carbonyl (C=O) groups excluding carboxylic acids is 1. The molecule has 1 aromatic rings. The van der Waals surface area contributed by atoms with E-state index in [0.717, 1.165) is 26.0 Å².